The summed E-state index contributed by atoms with van der Waals surface area (Å²) >= 11 is 1.83. The van der Waals surface area contributed by atoms with Gasteiger partial charge in [0.2, 0.25) is 0 Å². The quantitative estimate of drug-likeness (QED) is 0.188. The summed E-state index contributed by atoms with van der Waals surface area (Å²) in [5.74, 6) is 0. The number of fused-ring (bicyclic) bond motifs is 6. The molecule has 2 heterocycles. The fourth-order valence-corrected chi connectivity index (χ4v) is 8.37. The molecule has 8 aromatic rings. The Morgan fingerprint density at radius 3 is 2.09 bits per heavy atom. The summed E-state index contributed by atoms with van der Waals surface area (Å²) in [6.07, 6.45) is 2.20. The van der Waals surface area contributed by atoms with Crippen molar-refractivity contribution in [1.29, 1.82) is 0 Å². The average molecular weight is 580 g/mol. The predicted octanol–water partition coefficient (Wildman–Crippen LogP) is 11.0. The van der Waals surface area contributed by atoms with E-state index in [1.54, 1.807) is 0 Å². The Morgan fingerprint density at radius 2 is 1.18 bits per heavy atom. The molecular weight excluding hydrogens is 551 g/mol. The van der Waals surface area contributed by atoms with Gasteiger partial charge < -0.3 is 4.57 Å². The molecule has 0 saturated carbocycles. The van der Waals surface area contributed by atoms with E-state index in [-0.39, 0.29) is 0 Å². The van der Waals surface area contributed by atoms with E-state index in [0.717, 1.165) is 0 Å². The van der Waals surface area contributed by atoms with Gasteiger partial charge in [0, 0.05) is 15.7 Å². The van der Waals surface area contributed by atoms with Gasteiger partial charge in [0.05, 0.1) is 22.1 Å². The van der Waals surface area contributed by atoms with Gasteiger partial charge in [-0.2, -0.15) is 0 Å². The van der Waals surface area contributed by atoms with Gasteiger partial charge in [-0.3, -0.25) is 0 Å². The number of benzene rings is 7. The maximum absolute atomic E-state index is 2.50. The molecule has 1 nitrogen and oxygen atoms in total. The zero-order valence-electron chi connectivity index (χ0n) is 24.4. The highest BCUT2D eigenvalue weighted by atomic mass is 32.2. The molecule has 0 amide bonds. The lowest BCUT2D eigenvalue weighted by Crippen LogP contribution is -2.36. The predicted molar refractivity (Wildman–Crippen MR) is 187 cm³/mol. The third-order valence-corrected chi connectivity index (χ3v) is 10.3. The maximum atomic E-state index is 2.50. The van der Waals surface area contributed by atoms with E-state index < -0.39 is 5.41 Å². The van der Waals surface area contributed by atoms with Gasteiger partial charge >= 0.3 is 0 Å². The lowest BCUT2D eigenvalue weighted by molar-refractivity contribution is 0.712. The second-order valence-electron chi connectivity index (χ2n) is 11.7. The van der Waals surface area contributed by atoms with Gasteiger partial charge in [-0.1, -0.05) is 127 Å². The largest absolute Gasteiger partial charge is 0.309 e. The normalized spacial score (nSPS) is 15.6. The molecule has 0 fully saturated rings. The molecule has 0 N–H and O–H groups in total. The van der Waals surface area contributed by atoms with Crippen molar-refractivity contribution in [2.45, 2.75) is 10.3 Å². The van der Waals surface area contributed by atoms with Crippen LogP contribution < -0.4 is 0 Å². The highest BCUT2D eigenvalue weighted by Crippen LogP contribution is 2.55. The van der Waals surface area contributed by atoms with E-state index in [0.29, 0.717) is 0 Å². The maximum Gasteiger partial charge on any atom is 0.0753 e. The Bertz CT molecular complexity index is 2400. The van der Waals surface area contributed by atoms with Gasteiger partial charge in [0.25, 0.3) is 0 Å². The van der Waals surface area contributed by atoms with Gasteiger partial charge in [-0.05, 0) is 80.7 Å². The van der Waals surface area contributed by atoms with Crippen LogP contribution in [-0.4, -0.2) is 10.8 Å². The summed E-state index contributed by atoms with van der Waals surface area (Å²) in [6.45, 7) is 0. The first kappa shape index (κ1) is 25.4. The van der Waals surface area contributed by atoms with E-state index in [4.69, 9.17) is 0 Å². The van der Waals surface area contributed by atoms with Crippen molar-refractivity contribution in [3.8, 4) is 16.8 Å². The summed E-state index contributed by atoms with van der Waals surface area (Å²) in [5, 5.41) is 5.11. The van der Waals surface area contributed by atoms with Crippen LogP contribution in [0.5, 0.6) is 0 Å². The summed E-state index contributed by atoms with van der Waals surface area (Å²) < 4.78 is 2.50. The van der Waals surface area contributed by atoms with Crippen LogP contribution in [0.4, 0.5) is 0 Å². The third-order valence-electron chi connectivity index (χ3n) is 9.54. The fourth-order valence-electron chi connectivity index (χ4n) is 7.71. The number of hydrogen-bond acceptors (Lipinski definition) is 1. The molecule has 0 bridgehead atoms. The fraction of sp³-hybridized carbons (Fsp3) is 0.0476. The molecule has 208 valence electrons. The van der Waals surface area contributed by atoms with Crippen molar-refractivity contribution < 1.29 is 0 Å². The van der Waals surface area contributed by atoms with Crippen LogP contribution in [0.3, 0.4) is 0 Å². The Morgan fingerprint density at radius 1 is 0.500 bits per heavy atom. The second kappa shape index (κ2) is 9.74. The van der Waals surface area contributed by atoms with Crippen LogP contribution in [0.2, 0.25) is 0 Å². The number of aromatic nitrogens is 1. The minimum absolute atomic E-state index is 0.521. The molecule has 1 aliphatic heterocycles. The Labute approximate surface area is 261 Å². The number of hydrogen-bond donors (Lipinski definition) is 0. The first-order valence-corrected chi connectivity index (χ1v) is 16.4. The number of nitrogens with zero attached hydrogens (tertiary/aromatic N) is 1. The SMILES string of the molecule is CSc1ccccc1C1(c2cccc(-c3ccc4ccccc4c3)c2)c2ccccc2-n2c3ccccc3c3cccc1c32. The van der Waals surface area contributed by atoms with Gasteiger partial charge in [-0.25, -0.2) is 0 Å². The van der Waals surface area contributed by atoms with Crippen LogP contribution in [0.25, 0.3) is 49.4 Å². The van der Waals surface area contributed by atoms with E-state index >= 15 is 0 Å². The Balaban J connectivity index is 1.44. The molecule has 0 aliphatic carbocycles. The lowest BCUT2D eigenvalue weighted by Gasteiger charge is -2.42. The standard InChI is InChI=1S/C42H29NS/c1-44-40-23-9-6-19-36(40)42(32-15-10-14-30(27-32)31-25-24-28-12-2-3-13-29(28)26-31)35-18-5-8-22-39(35)43-38-21-7-4-16-33(38)34-17-11-20-37(42)41(34)43/h2-27H,1H3. The molecule has 1 aliphatic rings. The lowest BCUT2D eigenvalue weighted by atomic mass is 9.63. The molecule has 7 aromatic carbocycles. The van der Waals surface area contributed by atoms with Crippen LogP contribution in [0.1, 0.15) is 22.3 Å². The van der Waals surface area contributed by atoms with E-state index in [1.165, 1.54) is 76.5 Å². The number of para-hydroxylation sites is 3. The highest BCUT2D eigenvalue weighted by molar-refractivity contribution is 7.98. The van der Waals surface area contributed by atoms with Crippen molar-refractivity contribution in [2.24, 2.45) is 0 Å². The van der Waals surface area contributed by atoms with E-state index in [1.807, 2.05) is 11.8 Å². The molecular formula is C42H29NS. The molecule has 44 heavy (non-hydrogen) atoms. The molecule has 2 heteroatoms. The number of rotatable bonds is 4. The second-order valence-corrected chi connectivity index (χ2v) is 12.5. The number of thioether (sulfide) groups is 1. The smallest absolute Gasteiger partial charge is 0.0753 e. The van der Waals surface area contributed by atoms with Crippen LogP contribution in [-0.2, 0) is 5.41 Å². The summed E-state index contributed by atoms with van der Waals surface area (Å²) in [6, 6.07) is 58.5. The molecule has 1 unspecified atom stereocenters. The van der Waals surface area contributed by atoms with Crippen molar-refractivity contribution in [3.63, 3.8) is 0 Å². The first-order valence-electron chi connectivity index (χ1n) is 15.1. The van der Waals surface area contributed by atoms with Crippen molar-refractivity contribution in [1.82, 2.24) is 4.57 Å². The topological polar surface area (TPSA) is 4.93 Å². The molecule has 1 aromatic heterocycles. The molecule has 0 spiro atoms. The van der Waals surface area contributed by atoms with E-state index in [9.17, 15) is 0 Å². The Kier molecular flexibility index (Phi) is 5.63. The van der Waals surface area contributed by atoms with Crippen molar-refractivity contribution in [3.05, 3.63) is 180 Å². The average Bonchev–Trinajstić information content (AvgIpc) is 3.44. The molecule has 1 atom stereocenters. The van der Waals surface area contributed by atoms with Gasteiger partial charge in [0.1, 0.15) is 0 Å². The highest BCUT2D eigenvalue weighted by Gasteiger charge is 2.46. The van der Waals surface area contributed by atoms with Crippen LogP contribution in [0.15, 0.2) is 163 Å². The molecule has 0 saturated heterocycles. The summed E-state index contributed by atoms with van der Waals surface area (Å²) in [4.78, 5) is 1.29. The minimum atomic E-state index is -0.521. The Hall–Kier alpha value is -5.05. The minimum Gasteiger partial charge on any atom is -0.309 e. The summed E-state index contributed by atoms with van der Waals surface area (Å²) in [5.41, 5.74) is 10.9. The van der Waals surface area contributed by atoms with Crippen LogP contribution in [0, 0.1) is 0 Å². The monoisotopic (exact) mass is 579 g/mol. The molecule has 9 rings (SSSR count). The van der Waals surface area contributed by atoms with Crippen LogP contribution >= 0.6 is 11.8 Å². The zero-order chi connectivity index (χ0) is 29.3. The third kappa shape index (κ3) is 3.43. The van der Waals surface area contributed by atoms with Gasteiger partial charge in [-0.15, -0.1) is 11.8 Å². The summed E-state index contributed by atoms with van der Waals surface area (Å²) in [7, 11) is 0. The van der Waals surface area contributed by atoms with Crippen molar-refractivity contribution >= 4 is 44.3 Å². The molecule has 0 radical (unpaired) electrons. The zero-order valence-corrected chi connectivity index (χ0v) is 25.2. The van der Waals surface area contributed by atoms with Crippen molar-refractivity contribution in [2.75, 3.05) is 6.26 Å². The first-order chi connectivity index (χ1) is 21.8. The van der Waals surface area contributed by atoms with E-state index in [2.05, 4.69) is 169 Å². The van der Waals surface area contributed by atoms with Gasteiger partial charge in [0.15, 0.2) is 0 Å².